The van der Waals surface area contributed by atoms with Crippen LogP contribution in [0.2, 0.25) is 0 Å². The van der Waals surface area contributed by atoms with Crippen LogP contribution in [0.5, 0.6) is 0 Å². The van der Waals surface area contributed by atoms with Crippen LogP contribution < -0.4 is 16.9 Å². The molecular weight excluding hydrogens is 1250 g/mol. The summed E-state index contributed by atoms with van der Waals surface area (Å²) in [4.78, 5) is 80.4. The number of rotatable bonds is 27. The number of aromatic nitrogens is 2. The van der Waals surface area contributed by atoms with Gasteiger partial charge in [0.2, 0.25) is 0 Å². The number of carbonyl (C=O) groups excluding carboxylic acids is 3. The normalized spacial score (nSPS) is 14.9. The number of benzene rings is 4. The number of carbonyl (C=O) groups is 4. The number of carboxylic acid groups (broad SMARTS) is 1. The molecular formula is C77H100F5N5O10. The third-order valence-corrected chi connectivity index (χ3v) is 18.2. The van der Waals surface area contributed by atoms with Crippen molar-refractivity contribution in [1.82, 2.24) is 18.9 Å². The SMILES string of the molecule is CCOC(=O)C[C@H](CC(=O)C(CC(C)C)n1cc(CCN2CC(C)C2)c(C)cc1=O)c1cc(-c2c(C)cccc2C)cc(C)c1F.CCOC(=O)C[C@H](N)c1cc(-c2c(C)cccc2C)cc(C)c1F.COC1CN(CCc2cn(C(CC(C)C)C(=O)O)c(=O)cc2C(F)(F)F)C1. The van der Waals surface area contributed by atoms with Gasteiger partial charge in [-0.25, -0.2) is 13.6 Å². The lowest BCUT2D eigenvalue weighted by atomic mass is 9.84. The van der Waals surface area contributed by atoms with Crippen LogP contribution in [0, 0.1) is 77.9 Å². The molecule has 0 aliphatic carbocycles. The smallest absolute Gasteiger partial charge is 0.416 e. The molecule has 15 nitrogen and oxygen atoms in total. The predicted octanol–water partition coefficient (Wildman–Crippen LogP) is 14.4. The van der Waals surface area contributed by atoms with Crippen LogP contribution in [0.3, 0.4) is 0 Å². The van der Waals surface area contributed by atoms with Gasteiger partial charge in [0.05, 0.1) is 43.8 Å². The van der Waals surface area contributed by atoms with E-state index in [1.807, 2.05) is 108 Å². The molecule has 528 valence electrons. The summed E-state index contributed by atoms with van der Waals surface area (Å²) in [5, 5.41) is 9.44. The van der Waals surface area contributed by atoms with Gasteiger partial charge in [0.25, 0.3) is 11.1 Å². The van der Waals surface area contributed by atoms with Gasteiger partial charge in [0, 0.05) is 94.8 Å². The molecule has 2 fully saturated rings. The van der Waals surface area contributed by atoms with E-state index in [1.54, 1.807) is 71.4 Å². The Morgan fingerprint density at radius 1 is 0.598 bits per heavy atom. The topological polar surface area (TPSA) is 193 Å². The number of Topliss-reactive ketones (excluding diaryl/α,β-unsaturated/α-hetero) is 1. The molecule has 8 rings (SSSR count). The number of pyridine rings is 2. The van der Waals surface area contributed by atoms with Crippen molar-refractivity contribution in [3.05, 3.63) is 184 Å². The number of ether oxygens (including phenoxy) is 3. The second-order valence-corrected chi connectivity index (χ2v) is 27.2. The van der Waals surface area contributed by atoms with Gasteiger partial charge >= 0.3 is 24.1 Å². The third-order valence-electron chi connectivity index (χ3n) is 18.2. The van der Waals surface area contributed by atoms with Crippen molar-refractivity contribution in [3.63, 3.8) is 0 Å². The standard InChI is InChI=1S/C39H51FN2O4.C20H24FNO2.C18H25F3N2O4/c1-9-46-37(45)20-31(33-18-32(16-29(8)39(33)40)38-26(5)11-10-12-27(38)6)19-35(43)34(15-24(2)3)42-23-30(28(7)17-36(42)44)13-14-41-21-25(4)22-41;1-5-24-18(23)11-17(22)16-10-15(9-14(4)20(16)21)19-12(2)7-6-8-13(19)3;1-11(2)6-15(17(25)26)23-8-12(4-5-22-9-13(10-22)27-3)14(7-16(23)24)18(19,20)21/h10-12,16-18,23-25,31,34H,9,13-15,19-22H2,1-8H3;6-10,17H,5,11,22H2,1-4H3;7-8,11,13,15H,4-6,9-10H2,1-3H3,(H,25,26)/t31-,34?;17-;/m00./s1. The summed E-state index contributed by atoms with van der Waals surface area (Å²) in [6.45, 7) is 32.0. The van der Waals surface area contributed by atoms with Crippen LogP contribution in [-0.4, -0.2) is 113 Å². The molecule has 4 aromatic carbocycles. The van der Waals surface area contributed by atoms with E-state index in [0.29, 0.717) is 60.3 Å². The highest BCUT2D eigenvalue weighted by Gasteiger charge is 2.37. The molecule has 4 atom stereocenters. The Morgan fingerprint density at radius 3 is 1.52 bits per heavy atom. The Morgan fingerprint density at radius 2 is 1.04 bits per heavy atom. The molecule has 0 amide bonds. The summed E-state index contributed by atoms with van der Waals surface area (Å²) in [5.74, 6) is -3.05. The molecule has 0 saturated carbocycles. The molecule has 2 saturated heterocycles. The number of esters is 2. The zero-order chi connectivity index (χ0) is 71.9. The fraction of sp³-hybridized carbons (Fsp3) is 0.506. The molecule has 4 heterocycles. The van der Waals surface area contributed by atoms with Gasteiger partial charge in [0.1, 0.15) is 17.7 Å². The maximum atomic E-state index is 16.0. The van der Waals surface area contributed by atoms with Crippen LogP contribution in [0.1, 0.15) is 171 Å². The quantitative estimate of drug-likeness (QED) is 0.0366. The lowest BCUT2D eigenvalue weighted by molar-refractivity contribution is -0.144. The lowest BCUT2D eigenvalue weighted by Gasteiger charge is -2.38. The molecule has 0 bridgehead atoms. The van der Waals surface area contributed by atoms with Crippen LogP contribution in [-0.2, 0) is 52.4 Å². The van der Waals surface area contributed by atoms with Gasteiger partial charge in [-0.1, -0.05) is 71.0 Å². The van der Waals surface area contributed by atoms with Gasteiger partial charge in [-0.15, -0.1) is 0 Å². The van der Waals surface area contributed by atoms with Crippen molar-refractivity contribution in [1.29, 1.82) is 0 Å². The molecule has 97 heavy (non-hydrogen) atoms. The van der Waals surface area contributed by atoms with E-state index < -0.39 is 65.1 Å². The molecule has 0 radical (unpaired) electrons. The largest absolute Gasteiger partial charge is 0.480 e. The number of hydrogen-bond acceptors (Lipinski definition) is 12. The van der Waals surface area contributed by atoms with Crippen molar-refractivity contribution in [2.24, 2.45) is 23.5 Å². The number of methoxy groups -OCH3 is 1. The average Bonchev–Trinajstić information content (AvgIpc) is 0.802. The number of nitrogens with two attached hydrogens (primary N) is 1. The highest BCUT2D eigenvalue weighted by molar-refractivity contribution is 5.85. The number of alkyl halides is 3. The highest BCUT2D eigenvalue weighted by atomic mass is 19.4. The third kappa shape index (κ3) is 21.2. The van der Waals surface area contributed by atoms with Crippen molar-refractivity contribution in [2.75, 3.05) is 59.6 Å². The summed E-state index contributed by atoms with van der Waals surface area (Å²) >= 11 is 0. The summed E-state index contributed by atoms with van der Waals surface area (Å²) < 4.78 is 88.5. The first-order chi connectivity index (χ1) is 45.6. The average molecular weight is 1350 g/mol. The van der Waals surface area contributed by atoms with Crippen LogP contribution in [0.15, 0.2) is 94.8 Å². The van der Waals surface area contributed by atoms with Crippen LogP contribution in [0.25, 0.3) is 22.3 Å². The summed E-state index contributed by atoms with van der Waals surface area (Å²) in [6, 6.07) is 18.8. The van der Waals surface area contributed by atoms with E-state index in [9.17, 15) is 51.4 Å². The molecule has 2 aliphatic rings. The van der Waals surface area contributed by atoms with E-state index in [4.69, 9.17) is 19.9 Å². The molecule has 20 heteroatoms. The van der Waals surface area contributed by atoms with Crippen LogP contribution in [0.4, 0.5) is 22.0 Å². The number of aliphatic carboxylic acids is 1. The van der Waals surface area contributed by atoms with Crippen molar-refractivity contribution < 1.29 is 60.4 Å². The minimum atomic E-state index is -4.67. The second-order valence-electron chi connectivity index (χ2n) is 27.2. The minimum absolute atomic E-state index is 0.0317. The molecule has 2 aliphatic heterocycles. The van der Waals surface area contributed by atoms with Crippen molar-refractivity contribution in [3.8, 4) is 22.3 Å². The zero-order valence-electron chi connectivity index (χ0n) is 59.2. The number of carboxylic acids is 1. The first-order valence-corrected chi connectivity index (χ1v) is 33.7. The predicted molar refractivity (Wildman–Crippen MR) is 370 cm³/mol. The van der Waals surface area contributed by atoms with Crippen molar-refractivity contribution >= 4 is 23.7 Å². The number of ketones is 1. The number of likely N-dealkylation sites (tertiary alicyclic amines) is 2. The van der Waals surface area contributed by atoms with E-state index >= 15 is 4.39 Å². The Balaban J connectivity index is 0.000000248. The maximum absolute atomic E-state index is 16.0. The number of hydrogen-bond donors (Lipinski definition) is 2. The van der Waals surface area contributed by atoms with E-state index in [2.05, 4.69) is 11.8 Å². The molecule has 6 aromatic rings. The maximum Gasteiger partial charge on any atom is 0.416 e. The number of aryl methyl sites for hydroxylation is 7. The fourth-order valence-electron chi connectivity index (χ4n) is 13.1. The van der Waals surface area contributed by atoms with E-state index in [-0.39, 0.29) is 86.0 Å². The fourth-order valence-corrected chi connectivity index (χ4v) is 13.1. The van der Waals surface area contributed by atoms with Crippen LogP contribution >= 0.6 is 0 Å². The molecule has 2 aromatic heterocycles. The summed E-state index contributed by atoms with van der Waals surface area (Å²) in [7, 11) is 1.58. The molecule has 2 unspecified atom stereocenters. The Hall–Kier alpha value is -7.65. The van der Waals surface area contributed by atoms with E-state index in [1.165, 1.54) is 0 Å². The Kier molecular flexibility index (Phi) is 28.4. The van der Waals surface area contributed by atoms with Gasteiger partial charge in [0.15, 0.2) is 5.78 Å². The zero-order valence-corrected chi connectivity index (χ0v) is 59.2. The highest BCUT2D eigenvalue weighted by Crippen LogP contribution is 2.38. The van der Waals surface area contributed by atoms with Gasteiger partial charge in [-0.2, -0.15) is 13.2 Å². The summed E-state index contributed by atoms with van der Waals surface area (Å²) in [6.07, 6.45) is -0.450. The van der Waals surface area contributed by atoms with Crippen molar-refractivity contribution in [2.45, 2.75) is 178 Å². The Bertz CT molecular complexity index is 3810. The molecule has 0 spiro atoms. The minimum Gasteiger partial charge on any atom is -0.480 e. The first kappa shape index (κ1) is 78.3. The van der Waals surface area contributed by atoms with E-state index in [0.717, 1.165) is 92.5 Å². The van der Waals surface area contributed by atoms with Gasteiger partial charge < -0.3 is 39.1 Å². The number of halogens is 5. The van der Waals surface area contributed by atoms with Gasteiger partial charge in [-0.05, 0) is 208 Å². The number of nitrogens with zero attached hydrogens (tertiary/aromatic N) is 4. The van der Waals surface area contributed by atoms with Gasteiger partial charge in [-0.3, -0.25) is 28.9 Å². The summed E-state index contributed by atoms with van der Waals surface area (Å²) in [5.41, 5.74) is 15.6. The molecule has 3 N–H and O–H groups in total. The lowest BCUT2D eigenvalue weighted by Crippen LogP contribution is -2.52. The first-order valence-electron chi connectivity index (χ1n) is 33.7. The monoisotopic (exact) mass is 1350 g/mol. The second kappa shape index (κ2) is 35.2. The Labute approximate surface area is 568 Å².